The molecule has 15 heavy (non-hydrogen) atoms. The molecule has 4 heteroatoms. The molecule has 0 aromatic rings. The number of hydrogen-bond acceptors (Lipinski definition) is 3. The van der Waals surface area contributed by atoms with Crippen molar-refractivity contribution in [1.82, 2.24) is 5.32 Å². The summed E-state index contributed by atoms with van der Waals surface area (Å²) in [7, 11) is 0. The second-order valence-electron chi connectivity index (χ2n) is 4.43. The Bertz CT molecular complexity index is 203. The molecule has 3 nitrogen and oxygen atoms in total. The van der Waals surface area contributed by atoms with Crippen molar-refractivity contribution in [3.63, 3.8) is 0 Å². The number of nitrogens with one attached hydrogen (secondary N) is 1. The van der Waals surface area contributed by atoms with Crippen LogP contribution in [0.2, 0.25) is 0 Å². The molecule has 88 valence electrons. The van der Waals surface area contributed by atoms with Gasteiger partial charge in [-0.15, -0.1) is 0 Å². The molecule has 0 saturated carbocycles. The van der Waals surface area contributed by atoms with Crippen LogP contribution < -0.4 is 5.32 Å². The van der Waals surface area contributed by atoms with E-state index in [2.05, 4.69) is 19.2 Å². The second-order valence-corrected chi connectivity index (χ2v) is 5.58. The molecule has 1 heterocycles. The van der Waals surface area contributed by atoms with Crippen molar-refractivity contribution in [2.75, 3.05) is 18.1 Å². The lowest BCUT2D eigenvalue weighted by Gasteiger charge is -2.23. The maximum atomic E-state index is 11.8. The number of rotatable bonds is 5. The quantitative estimate of drug-likeness (QED) is 0.749. The van der Waals surface area contributed by atoms with Crippen molar-refractivity contribution < 1.29 is 9.90 Å². The second kappa shape index (κ2) is 6.38. The molecular weight excluding hydrogens is 210 g/mol. The lowest BCUT2D eigenvalue weighted by atomic mass is 9.99. The molecule has 1 aliphatic heterocycles. The summed E-state index contributed by atoms with van der Waals surface area (Å²) in [5.41, 5.74) is 0. The zero-order chi connectivity index (χ0) is 11.3. The van der Waals surface area contributed by atoms with Gasteiger partial charge in [-0.3, -0.25) is 4.79 Å². The normalized spacial score (nSPS) is 23.1. The Balaban J connectivity index is 2.38. The van der Waals surface area contributed by atoms with Crippen molar-refractivity contribution in [2.45, 2.75) is 32.7 Å². The standard InChI is InChI=1S/C11H21NO2S/c1-8(2)10(3-5-13)12-11(14)9-4-6-15-7-9/h8-10,13H,3-7H2,1-2H3,(H,12,14). The summed E-state index contributed by atoms with van der Waals surface area (Å²) in [6.07, 6.45) is 1.66. The predicted octanol–water partition coefficient (Wildman–Crippen LogP) is 1.26. The smallest absolute Gasteiger partial charge is 0.224 e. The van der Waals surface area contributed by atoms with E-state index >= 15 is 0 Å². The van der Waals surface area contributed by atoms with Gasteiger partial charge in [-0.1, -0.05) is 13.8 Å². The average Bonchev–Trinajstić information content (AvgIpc) is 2.69. The van der Waals surface area contributed by atoms with E-state index in [1.165, 1.54) is 0 Å². The van der Waals surface area contributed by atoms with Crippen LogP contribution in [0.3, 0.4) is 0 Å². The minimum atomic E-state index is 0.119. The highest BCUT2D eigenvalue weighted by Crippen LogP contribution is 2.23. The van der Waals surface area contributed by atoms with Gasteiger partial charge < -0.3 is 10.4 Å². The molecular formula is C11H21NO2S. The van der Waals surface area contributed by atoms with Gasteiger partial charge in [-0.25, -0.2) is 0 Å². The summed E-state index contributed by atoms with van der Waals surface area (Å²) >= 11 is 1.85. The number of thioether (sulfide) groups is 1. The summed E-state index contributed by atoms with van der Waals surface area (Å²) in [5, 5.41) is 12.0. The molecule has 0 aliphatic carbocycles. The molecule has 1 rings (SSSR count). The maximum absolute atomic E-state index is 11.8. The number of carbonyl (C=O) groups excluding carboxylic acids is 1. The molecule has 1 fully saturated rings. The first-order valence-electron chi connectivity index (χ1n) is 5.64. The summed E-state index contributed by atoms with van der Waals surface area (Å²) in [4.78, 5) is 11.8. The van der Waals surface area contributed by atoms with Crippen LogP contribution in [0.25, 0.3) is 0 Å². The predicted molar refractivity (Wildman–Crippen MR) is 63.9 cm³/mol. The van der Waals surface area contributed by atoms with Crippen molar-refractivity contribution in [1.29, 1.82) is 0 Å². The van der Waals surface area contributed by atoms with Gasteiger partial charge in [0.2, 0.25) is 5.91 Å². The Morgan fingerprint density at radius 2 is 2.33 bits per heavy atom. The van der Waals surface area contributed by atoms with Gasteiger partial charge in [0.1, 0.15) is 0 Å². The van der Waals surface area contributed by atoms with Crippen molar-refractivity contribution in [3.05, 3.63) is 0 Å². The van der Waals surface area contributed by atoms with E-state index in [1.807, 2.05) is 11.8 Å². The van der Waals surface area contributed by atoms with E-state index in [4.69, 9.17) is 5.11 Å². The molecule has 2 atom stereocenters. The van der Waals surface area contributed by atoms with E-state index in [0.29, 0.717) is 12.3 Å². The van der Waals surface area contributed by atoms with Gasteiger partial charge in [0.25, 0.3) is 0 Å². The van der Waals surface area contributed by atoms with Gasteiger partial charge in [0.15, 0.2) is 0 Å². The van der Waals surface area contributed by atoms with Crippen LogP contribution >= 0.6 is 11.8 Å². The third kappa shape index (κ3) is 4.03. The summed E-state index contributed by atoms with van der Waals surface area (Å²) in [5.74, 6) is 2.80. The fraction of sp³-hybridized carbons (Fsp3) is 0.909. The average molecular weight is 231 g/mol. The van der Waals surface area contributed by atoms with Crippen LogP contribution in [-0.2, 0) is 4.79 Å². The Labute approximate surface area is 96.0 Å². The van der Waals surface area contributed by atoms with Gasteiger partial charge >= 0.3 is 0 Å². The highest BCUT2D eigenvalue weighted by atomic mass is 32.2. The fourth-order valence-corrected chi connectivity index (χ4v) is 2.97. The van der Waals surface area contributed by atoms with E-state index in [-0.39, 0.29) is 24.5 Å². The Kier molecular flexibility index (Phi) is 5.47. The number of aliphatic hydroxyl groups is 1. The first kappa shape index (κ1) is 12.8. The number of carbonyl (C=O) groups is 1. The third-order valence-electron chi connectivity index (χ3n) is 2.87. The van der Waals surface area contributed by atoms with Crippen LogP contribution in [0.4, 0.5) is 0 Å². The topological polar surface area (TPSA) is 49.3 Å². The molecule has 0 spiro atoms. The molecule has 1 saturated heterocycles. The lowest BCUT2D eigenvalue weighted by molar-refractivity contribution is -0.125. The van der Waals surface area contributed by atoms with E-state index in [0.717, 1.165) is 17.9 Å². The molecule has 1 amide bonds. The first-order chi connectivity index (χ1) is 7.15. The zero-order valence-corrected chi connectivity index (χ0v) is 10.3. The summed E-state index contributed by atoms with van der Waals surface area (Å²) < 4.78 is 0. The number of hydrogen-bond donors (Lipinski definition) is 2. The Morgan fingerprint density at radius 3 is 2.80 bits per heavy atom. The minimum Gasteiger partial charge on any atom is -0.396 e. The van der Waals surface area contributed by atoms with Crippen LogP contribution in [0, 0.1) is 11.8 Å². The van der Waals surface area contributed by atoms with Crippen LogP contribution in [-0.4, -0.2) is 35.2 Å². The zero-order valence-electron chi connectivity index (χ0n) is 9.53. The van der Waals surface area contributed by atoms with Crippen LogP contribution in [0.15, 0.2) is 0 Å². The monoisotopic (exact) mass is 231 g/mol. The molecule has 0 aromatic carbocycles. The fourth-order valence-electron chi connectivity index (χ4n) is 1.75. The highest BCUT2D eigenvalue weighted by molar-refractivity contribution is 7.99. The third-order valence-corrected chi connectivity index (χ3v) is 4.04. The summed E-state index contributed by atoms with van der Waals surface area (Å²) in [6, 6.07) is 0.119. The van der Waals surface area contributed by atoms with E-state index < -0.39 is 0 Å². The molecule has 0 aromatic heterocycles. The lowest BCUT2D eigenvalue weighted by Crippen LogP contribution is -2.42. The minimum absolute atomic E-state index is 0.119. The van der Waals surface area contributed by atoms with Crippen LogP contribution in [0.5, 0.6) is 0 Å². The molecule has 0 bridgehead atoms. The first-order valence-corrected chi connectivity index (χ1v) is 6.79. The van der Waals surface area contributed by atoms with Crippen molar-refractivity contribution in [3.8, 4) is 0 Å². The Hall–Kier alpha value is -0.220. The van der Waals surface area contributed by atoms with Gasteiger partial charge in [0.05, 0.1) is 0 Å². The summed E-state index contributed by atoms with van der Waals surface area (Å²) in [6.45, 7) is 4.29. The maximum Gasteiger partial charge on any atom is 0.224 e. The van der Waals surface area contributed by atoms with Crippen molar-refractivity contribution >= 4 is 17.7 Å². The van der Waals surface area contributed by atoms with Gasteiger partial charge in [-0.05, 0) is 24.5 Å². The molecule has 2 unspecified atom stereocenters. The number of aliphatic hydroxyl groups excluding tert-OH is 1. The van der Waals surface area contributed by atoms with E-state index in [9.17, 15) is 4.79 Å². The van der Waals surface area contributed by atoms with Gasteiger partial charge in [0, 0.05) is 24.3 Å². The SMILES string of the molecule is CC(C)C(CCO)NC(=O)C1CCSC1. The van der Waals surface area contributed by atoms with Crippen molar-refractivity contribution in [2.24, 2.45) is 11.8 Å². The largest absolute Gasteiger partial charge is 0.396 e. The molecule has 0 radical (unpaired) electrons. The number of amides is 1. The molecule has 2 N–H and O–H groups in total. The Morgan fingerprint density at radius 1 is 1.60 bits per heavy atom. The highest BCUT2D eigenvalue weighted by Gasteiger charge is 2.25. The van der Waals surface area contributed by atoms with Crippen LogP contribution in [0.1, 0.15) is 26.7 Å². The van der Waals surface area contributed by atoms with Gasteiger partial charge in [-0.2, -0.15) is 11.8 Å². The molecule has 1 aliphatic rings. The van der Waals surface area contributed by atoms with E-state index in [1.54, 1.807) is 0 Å².